The molecule has 1 aromatic rings. The van der Waals surface area contributed by atoms with Crippen molar-refractivity contribution in [2.75, 3.05) is 25.6 Å². The Morgan fingerprint density at radius 2 is 1.29 bits per heavy atom. The number of allylic oxidation sites excluding steroid dienone is 7. The number of carbonyl (C=O) groups excluding carboxylic acids is 2. The van der Waals surface area contributed by atoms with Gasteiger partial charge in [-0.25, -0.2) is 13.9 Å². The third-order valence-corrected chi connectivity index (χ3v) is 15.1. The van der Waals surface area contributed by atoms with Crippen LogP contribution in [0, 0.1) is 5.92 Å². The number of aliphatic hydroxyl groups is 3. The number of hydrogen-bond acceptors (Lipinski definition) is 16. The lowest BCUT2D eigenvalue weighted by Gasteiger charge is -2.21. The van der Waals surface area contributed by atoms with Gasteiger partial charge in [-0.05, 0) is 50.5 Å². The van der Waals surface area contributed by atoms with E-state index in [1.54, 1.807) is 6.08 Å². The lowest BCUT2D eigenvalue weighted by molar-refractivity contribution is -0.161. The van der Waals surface area contributed by atoms with E-state index in [-0.39, 0.29) is 18.7 Å². The molecule has 1 aliphatic heterocycles. The molecule has 0 aromatic carbocycles. The Labute approximate surface area is 446 Å². The zero-order valence-electron chi connectivity index (χ0n) is 45.1. The van der Waals surface area contributed by atoms with Gasteiger partial charge in [0.05, 0.1) is 19.3 Å². The molecule has 2 heterocycles. The smallest absolute Gasteiger partial charge is 0.462 e. The van der Waals surface area contributed by atoms with Crippen molar-refractivity contribution < 1.29 is 71.4 Å². The number of aromatic nitrogens is 2. The first-order valence-corrected chi connectivity index (χ1v) is 30.6. The Kier molecular flexibility index (Phi) is 36.9. The number of phosphoric acid groups is 2. The van der Waals surface area contributed by atoms with Crippen molar-refractivity contribution in [1.29, 1.82) is 0 Å². The highest BCUT2D eigenvalue weighted by molar-refractivity contribution is 7.61. The van der Waals surface area contributed by atoms with Crippen LogP contribution in [0.25, 0.3) is 0 Å². The summed E-state index contributed by atoms with van der Waals surface area (Å²) in [7, 11) is -10.9. The molecule has 0 spiro atoms. The maximum Gasteiger partial charge on any atom is 0.481 e. The van der Waals surface area contributed by atoms with Crippen LogP contribution in [0.15, 0.2) is 65.7 Å². The van der Waals surface area contributed by atoms with Crippen molar-refractivity contribution in [3.8, 4) is 0 Å². The van der Waals surface area contributed by atoms with Gasteiger partial charge in [-0.3, -0.25) is 23.2 Å². The minimum absolute atomic E-state index is 0.0454. The van der Waals surface area contributed by atoms with E-state index >= 15 is 0 Å². The molecule has 0 saturated carbocycles. The Balaban J connectivity index is 1.80. The van der Waals surface area contributed by atoms with Crippen LogP contribution in [0.3, 0.4) is 0 Å². The lowest BCUT2D eigenvalue weighted by Crippen LogP contribution is -2.36. The number of nitrogen functional groups attached to an aromatic ring is 1. The Morgan fingerprint density at radius 3 is 1.91 bits per heavy atom. The first kappa shape index (κ1) is 67.8. The van der Waals surface area contributed by atoms with Gasteiger partial charge in [-0.2, -0.15) is 9.29 Å². The largest absolute Gasteiger partial charge is 0.481 e. The number of rotatable bonds is 45. The third kappa shape index (κ3) is 34.2. The van der Waals surface area contributed by atoms with E-state index in [9.17, 15) is 48.6 Å². The number of nitrogens with two attached hydrogens (primary N) is 1. The fourth-order valence-corrected chi connectivity index (χ4v) is 10.2. The van der Waals surface area contributed by atoms with E-state index in [1.807, 2.05) is 42.5 Å². The van der Waals surface area contributed by atoms with Crippen LogP contribution in [0.1, 0.15) is 200 Å². The standard InChI is InChI=1S/C54H93N3O16P2/c1-4-5-29-35-45(58)36-31-26-22-18-14-12-16-20-24-28-33-38-50(60)71-46(41-68-49(59)37-32-27-23-19-15-11-9-7-6-8-10-13-17-21-25-30-34-44(2)3)42-69-74(64,65)73-75(66,67)70-43-47-51(61)52(62)53(72-47)57-40-39-48(55)56-54(57)63/h12,14,20,22,24,26,31,36,39-40,44-47,51-53,58,61-62H,4-11,13,15-19,21,23,25,27-30,32-35,37-38,41-43H2,1-3H3,(H,64,65)(H,66,67)(H2,55,56,63)/b14-12-,24-20-,26-22-,36-31+/t45-,46+,47+,51+,52+,53+/m0/s1. The van der Waals surface area contributed by atoms with Gasteiger partial charge >= 0.3 is 33.3 Å². The van der Waals surface area contributed by atoms with Crippen LogP contribution in [-0.4, -0.2) is 96.9 Å². The summed E-state index contributed by atoms with van der Waals surface area (Å²) < 4.78 is 56.8. The molecular weight excluding hydrogens is 1010 g/mol. The normalized spacial score (nSPS) is 19.6. The molecule has 75 heavy (non-hydrogen) atoms. The molecule has 1 saturated heterocycles. The summed E-state index contributed by atoms with van der Waals surface area (Å²) in [6.45, 7) is 4.33. The summed E-state index contributed by atoms with van der Waals surface area (Å²) in [5.41, 5.74) is 4.59. The van der Waals surface area contributed by atoms with Crippen molar-refractivity contribution in [3.05, 3.63) is 71.4 Å². The SMILES string of the molecule is CCCCC[C@H](O)/C=C/C=C\C/C=C\C/C=C\CCCC(=O)O[C@H](COC(=O)CCCCCCCCCCCCCCCCCCC(C)C)COP(=O)(O)OP(=O)(O)OC[C@H]1O[C@@H](n2ccc(N)nc2=O)[C@H](O)[C@@H]1O. The molecule has 0 bridgehead atoms. The fraction of sp³-hybridized carbons (Fsp3) is 0.741. The molecule has 21 heteroatoms. The van der Waals surface area contributed by atoms with E-state index in [1.165, 1.54) is 83.1 Å². The average molecular weight is 1100 g/mol. The fourth-order valence-electron chi connectivity index (χ4n) is 8.13. The minimum Gasteiger partial charge on any atom is -0.462 e. The Bertz CT molecular complexity index is 1980. The summed E-state index contributed by atoms with van der Waals surface area (Å²) in [6, 6.07) is 1.24. The molecule has 2 rings (SSSR count). The number of esters is 2. The van der Waals surface area contributed by atoms with E-state index in [0.29, 0.717) is 25.7 Å². The molecule has 19 nitrogen and oxygen atoms in total. The minimum atomic E-state index is -5.45. The van der Waals surface area contributed by atoms with E-state index < -0.39 is 89.8 Å². The first-order valence-electron chi connectivity index (χ1n) is 27.6. The molecule has 1 fully saturated rings. The van der Waals surface area contributed by atoms with Crippen molar-refractivity contribution in [1.82, 2.24) is 9.55 Å². The predicted octanol–water partition coefficient (Wildman–Crippen LogP) is 10.9. The number of ether oxygens (including phenoxy) is 3. The highest BCUT2D eigenvalue weighted by Crippen LogP contribution is 2.60. The van der Waals surface area contributed by atoms with Gasteiger partial charge in [-0.1, -0.05) is 191 Å². The topological polar surface area (TPSA) is 286 Å². The van der Waals surface area contributed by atoms with Crippen molar-refractivity contribution in [2.24, 2.45) is 5.92 Å². The summed E-state index contributed by atoms with van der Waals surface area (Å²) in [5.74, 6) is -0.581. The second kappa shape index (κ2) is 40.8. The van der Waals surface area contributed by atoms with Gasteiger partial charge in [-0.15, -0.1) is 0 Å². The zero-order chi connectivity index (χ0) is 55.2. The van der Waals surface area contributed by atoms with Gasteiger partial charge in [0.1, 0.15) is 30.7 Å². The van der Waals surface area contributed by atoms with Gasteiger partial charge in [0, 0.05) is 19.0 Å². The maximum absolute atomic E-state index is 12.9. The van der Waals surface area contributed by atoms with E-state index in [0.717, 1.165) is 74.5 Å². The number of phosphoric ester groups is 2. The number of anilines is 1. The number of hydrogen-bond donors (Lipinski definition) is 6. The van der Waals surface area contributed by atoms with E-state index in [4.69, 9.17) is 29.0 Å². The number of carbonyl (C=O) groups is 2. The molecule has 0 amide bonds. The molecule has 1 aliphatic rings. The third-order valence-electron chi connectivity index (χ3n) is 12.4. The number of aliphatic hydroxyl groups excluding tert-OH is 3. The second-order valence-electron chi connectivity index (χ2n) is 19.8. The quantitative estimate of drug-likeness (QED) is 0.0116. The highest BCUT2D eigenvalue weighted by Gasteiger charge is 2.46. The Morgan fingerprint density at radius 1 is 0.733 bits per heavy atom. The monoisotopic (exact) mass is 1100 g/mol. The van der Waals surface area contributed by atoms with Gasteiger partial charge in [0.15, 0.2) is 12.3 Å². The number of nitrogens with zero attached hydrogens (tertiary/aromatic N) is 2. The molecule has 1 aromatic heterocycles. The summed E-state index contributed by atoms with van der Waals surface area (Å²) in [6.07, 6.45) is 35.2. The predicted molar refractivity (Wildman–Crippen MR) is 290 cm³/mol. The summed E-state index contributed by atoms with van der Waals surface area (Å²) in [5, 5.41) is 30.9. The second-order valence-corrected chi connectivity index (χ2v) is 22.8. The van der Waals surface area contributed by atoms with Gasteiger partial charge in [0.25, 0.3) is 0 Å². The van der Waals surface area contributed by atoms with Crippen molar-refractivity contribution >= 4 is 33.4 Å². The average Bonchev–Trinajstić information content (AvgIpc) is 3.63. The lowest BCUT2D eigenvalue weighted by atomic mass is 10.0. The molecule has 0 aliphatic carbocycles. The van der Waals surface area contributed by atoms with Crippen LogP contribution in [0.5, 0.6) is 0 Å². The molecule has 7 N–H and O–H groups in total. The number of unbranched alkanes of at least 4 members (excludes halogenated alkanes) is 18. The van der Waals surface area contributed by atoms with Crippen LogP contribution >= 0.6 is 15.6 Å². The van der Waals surface area contributed by atoms with Gasteiger partial charge < -0.3 is 45.1 Å². The summed E-state index contributed by atoms with van der Waals surface area (Å²) >= 11 is 0. The first-order chi connectivity index (χ1) is 35.9. The van der Waals surface area contributed by atoms with Crippen LogP contribution < -0.4 is 11.4 Å². The Hall–Kier alpha value is -3.32. The van der Waals surface area contributed by atoms with Crippen LogP contribution in [0.2, 0.25) is 0 Å². The zero-order valence-corrected chi connectivity index (χ0v) is 46.9. The highest BCUT2D eigenvalue weighted by atomic mass is 31.3. The molecule has 8 atom stereocenters. The molecule has 2 unspecified atom stereocenters. The van der Waals surface area contributed by atoms with Crippen molar-refractivity contribution in [3.63, 3.8) is 0 Å². The van der Waals surface area contributed by atoms with Crippen LogP contribution in [0.4, 0.5) is 5.82 Å². The molecule has 430 valence electrons. The summed E-state index contributed by atoms with van der Waals surface area (Å²) in [4.78, 5) is 62.0. The van der Waals surface area contributed by atoms with E-state index in [2.05, 4.69) is 30.1 Å². The molecular formula is C54H93N3O16P2. The van der Waals surface area contributed by atoms with Crippen LogP contribution in [-0.2, 0) is 46.3 Å². The van der Waals surface area contributed by atoms with Crippen molar-refractivity contribution in [2.45, 2.75) is 231 Å². The maximum atomic E-state index is 12.9. The molecule has 0 radical (unpaired) electrons. The van der Waals surface area contributed by atoms with Gasteiger partial charge in [0.2, 0.25) is 0 Å².